The van der Waals surface area contributed by atoms with Gasteiger partial charge >= 0.3 is 5.97 Å². The molecule has 1 saturated heterocycles. The smallest absolute Gasteiger partial charge is 0.339 e. The number of piperazine rings is 1. The van der Waals surface area contributed by atoms with Gasteiger partial charge in [-0.3, -0.25) is 14.7 Å². The van der Waals surface area contributed by atoms with Crippen LogP contribution in [0.2, 0.25) is 0 Å². The molecule has 0 spiro atoms. The number of carbonyl (C=O) groups excluding carboxylic acids is 2. The third-order valence-corrected chi connectivity index (χ3v) is 3.23. The number of esters is 1. The van der Waals surface area contributed by atoms with Crippen LogP contribution in [0.15, 0.2) is 18.5 Å². The number of methoxy groups -OCH3 is 1. The minimum Gasteiger partial charge on any atom is -0.465 e. The Balaban J connectivity index is 0.000000351. The van der Waals surface area contributed by atoms with Gasteiger partial charge in [0.2, 0.25) is 0 Å². The molecule has 1 fully saturated rings. The van der Waals surface area contributed by atoms with Gasteiger partial charge in [-0.2, -0.15) is 0 Å². The highest BCUT2D eigenvalue weighted by atomic mass is 16.5. The van der Waals surface area contributed by atoms with Crippen LogP contribution in [0.5, 0.6) is 0 Å². The van der Waals surface area contributed by atoms with Crippen LogP contribution in [0.25, 0.3) is 0 Å². The van der Waals surface area contributed by atoms with Crippen LogP contribution >= 0.6 is 0 Å². The summed E-state index contributed by atoms with van der Waals surface area (Å²) in [6.07, 6.45) is 3.33. The number of ether oxygens (including phenoxy) is 2. The zero-order chi connectivity index (χ0) is 18.0. The van der Waals surface area contributed by atoms with Crippen molar-refractivity contribution in [3.8, 4) is 0 Å². The number of rotatable bonds is 4. The Bertz CT molecular complexity index is 523. The molecule has 2 heterocycles. The van der Waals surface area contributed by atoms with Crippen molar-refractivity contribution in [3.63, 3.8) is 0 Å². The highest BCUT2D eigenvalue weighted by Gasteiger charge is 2.12. The van der Waals surface area contributed by atoms with Crippen molar-refractivity contribution < 1.29 is 19.1 Å². The molecule has 0 saturated carbocycles. The molecule has 1 aliphatic heterocycles. The van der Waals surface area contributed by atoms with E-state index in [2.05, 4.69) is 24.7 Å². The highest BCUT2D eigenvalue weighted by molar-refractivity contribution is 5.89. The summed E-state index contributed by atoms with van der Waals surface area (Å²) in [7, 11) is 1.38. The van der Waals surface area contributed by atoms with Gasteiger partial charge < -0.3 is 14.8 Å². The van der Waals surface area contributed by atoms with Gasteiger partial charge in [0, 0.05) is 45.1 Å². The van der Waals surface area contributed by atoms with E-state index in [1.54, 1.807) is 6.20 Å². The van der Waals surface area contributed by atoms with Gasteiger partial charge in [0.15, 0.2) is 0 Å². The topological polar surface area (TPSA) is 80.8 Å². The lowest BCUT2D eigenvalue weighted by molar-refractivity contribution is -0.138. The van der Waals surface area contributed by atoms with E-state index in [-0.39, 0.29) is 11.6 Å². The maximum absolute atomic E-state index is 11.4. The number of carbonyl (C=O) groups is 2. The average molecular weight is 337 g/mol. The van der Waals surface area contributed by atoms with Gasteiger partial charge in [-0.25, -0.2) is 4.79 Å². The number of aromatic nitrogens is 1. The molecule has 1 aromatic heterocycles. The molecule has 24 heavy (non-hydrogen) atoms. The minimum atomic E-state index is -0.334. The average Bonchev–Trinajstić information content (AvgIpc) is 2.55. The molecule has 2 rings (SSSR count). The van der Waals surface area contributed by atoms with Crippen molar-refractivity contribution in [1.82, 2.24) is 15.2 Å². The van der Waals surface area contributed by atoms with Crippen LogP contribution < -0.4 is 5.32 Å². The molecule has 0 unspecified atom stereocenters. The Morgan fingerprint density at radius 3 is 2.50 bits per heavy atom. The van der Waals surface area contributed by atoms with E-state index in [9.17, 15) is 9.59 Å². The Hall–Kier alpha value is -1.99. The van der Waals surface area contributed by atoms with E-state index in [1.807, 2.05) is 26.8 Å². The molecule has 7 nitrogen and oxygen atoms in total. The number of hydrogen-bond donors (Lipinski definition) is 1. The number of pyridine rings is 1. The van der Waals surface area contributed by atoms with Crippen molar-refractivity contribution >= 4 is 12.4 Å². The lowest BCUT2D eigenvalue weighted by Crippen LogP contribution is -2.42. The summed E-state index contributed by atoms with van der Waals surface area (Å²) >= 11 is 0. The van der Waals surface area contributed by atoms with E-state index in [0.29, 0.717) is 12.0 Å². The van der Waals surface area contributed by atoms with Gasteiger partial charge in [0.05, 0.1) is 12.7 Å². The molecule has 0 radical (unpaired) electrons. The molecular weight excluding hydrogens is 310 g/mol. The van der Waals surface area contributed by atoms with Crippen LogP contribution in [0.4, 0.5) is 0 Å². The summed E-state index contributed by atoms with van der Waals surface area (Å²) in [6.45, 7) is 10.9. The van der Waals surface area contributed by atoms with Crippen molar-refractivity contribution in [3.05, 3.63) is 29.6 Å². The number of hydrogen-bond acceptors (Lipinski definition) is 7. The van der Waals surface area contributed by atoms with Crippen LogP contribution in [0.3, 0.4) is 0 Å². The fraction of sp³-hybridized carbons (Fsp3) is 0.588. The third-order valence-electron chi connectivity index (χ3n) is 3.23. The van der Waals surface area contributed by atoms with Crippen molar-refractivity contribution in [2.75, 3.05) is 33.3 Å². The second-order valence-electron chi connectivity index (χ2n) is 6.43. The van der Waals surface area contributed by atoms with Crippen LogP contribution in [-0.2, 0) is 20.8 Å². The second-order valence-corrected chi connectivity index (χ2v) is 6.43. The molecule has 0 aliphatic carbocycles. The normalized spacial score (nSPS) is 15.0. The van der Waals surface area contributed by atoms with E-state index < -0.39 is 0 Å². The summed E-state index contributed by atoms with van der Waals surface area (Å²) < 4.78 is 9.23. The Kier molecular flexibility index (Phi) is 8.35. The van der Waals surface area contributed by atoms with Crippen molar-refractivity contribution in [2.24, 2.45) is 0 Å². The molecule has 0 bridgehead atoms. The second kappa shape index (κ2) is 10.00. The molecule has 1 N–H and O–H groups in total. The van der Waals surface area contributed by atoms with E-state index in [0.717, 1.165) is 38.3 Å². The zero-order valence-corrected chi connectivity index (χ0v) is 14.9. The van der Waals surface area contributed by atoms with Gasteiger partial charge in [-0.05, 0) is 32.4 Å². The molecule has 1 aliphatic rings. The van der Waals surface area contributed by atoms with Crippen LogP contribution in [-0.4, -0.2) is 61.2 Å². The fourth-order valence-electron chi connectivity index (χ4n) is 2.08. The lowest BCUT2D eigenvalue weighted by Gasteiger charge is -2.27. The summed E-state index contributed by atoms with van der Waals surface area (Å²) in [5.74, 6) is -0.334. The van der Waals surface area contributed by atoms with Crippen molar-refractivity contribution in [2.45, 2.75) is 32.9 Å². The summed E-state index contributed by atoms with van der Waals surface area (Å²) in [5, 5.41) is 3.31. The Labute approximate surface area is 143 Å². The van der Waals surface area contributed by atoms with Crippen LogP contribution in [0.1, 0.15) is 36.7 Å². The quantitative estimate of drug-likeness (QED) is 0.654. The lowest BCUT2D eigenvalue weighted by atomic mass is 10.2. The minimum absolute atomic E-state index is 0.318. The highest BCUT2D eigenvalue weighted by Crippen LogP contribution is 2.08. The first-order chi connectivity index (χ1) is 11.4. The predicted octanol–water partition coefficient (Wildman–Crippen LogP) is 1.23. The molecule has 7 heteroatoms. The molecule has 0 atom stereocenters. The van der Waals surface area contributed by atoms with Gasteiger partial charge in [-0.15, -0.1) is 0 Å². The van der Waals surface area contributed by atoms with Gasteiger partial charge in [0.1, 0.15) is 5.60 Å². The first-order valence-electron chi connectivity index (χ1n) is 7.92. The first-order valence-corrected chi connectivity index (χ1v) is 7.92. The molecule has 1 aromatic rings. The zero-order valence-electron chi connectivity index (χ0n) is 14.9. The maximum Gasteiger partial charge on any atom is 0.339 e. The molecule has 0 amide bonds. The SMILES string of the molecule is CC(C)(C)OC=O.COC(=O)c1cncc(CN2CCNCC2)c1. The molecule has 0 aromatic carbocycles. The van der Waals surface area contributed by atoms with E-state index >= 15 is 0 Å². The summed E-state index contributed by atoms with van der Waals surface area (Å²) in [4.78, 5) is 27.4. The maximum atomic E-state index is 11.4. The van der Waals surface area contributed by atoms with Crippen LogP contribution in [0, 0.1) is 0 Å². The van der Waals surface area contributed by atoms with Crippen molar-refractivity contribution in [1.29, 1.82) is 0 Å². The fourth-order valence-corrected chi connectivity index (χ4v) is 2.08. The number of nitrogens with zero attached hydrogens (tertiary/aromatic N) is 2. The van der Waals surface area contributed by atoms with E-state index in [1.165, 1.54) is 13.3 Å². The Morgan fingerprint density at radius 2 is 2.00 bits per heavy atom. The van der Waals surface area contributed by atoms with Gasteiger partial charge in [-0.1, -0.05) is 0 Å². The first kappa shape index (κ1) is 20.1. The third kappa shape index (κ3) is 8.03. The summed E-state index contributed by atoms with van der Waals surface area (Å²) in [5.41, 5.74) is 1.25. The standard InChI is InChI=1S/C12H17N3O2.C5H10O2/c1-17-12(16)11-6-10(7-14-8-11)9-15-4-2-13-3-5-15;1-5(2,3)7-4-6/h6-8,13H,2-5,9H2,1H3;4H,1-3H3. The predicted molar refractivity (Wildman–Crippen MR) is 90.6 cm³/mol. The number of nitrogens with one attached hydrogen (secondary N) is 1. The molecular formula is C17H27N3O4. The monoisotopic (exact) mass is 337 g/mol. The van der Waals surface area contributed by atoms with E-state index in [4.69, 9.17) is 0 Å². The molecule has 134 valence electrons. The Morgan fingerprint density at radius 1 is 1.33 bits per heavy atom. The summed E-state index contributed by atoms with van der Waals surface area (Å²) in [6, 6.07) is 1.85. The van der Waals surface area contributed by atoms with Gasteiger partial charge in [0.25, 0.3) is 6.47 Å². The largest absolute Gasteiger partial charge is 0.465 e.